The SMILES string of the molecule is CCOC(=O)CNc1nc(N)nc(N2CCCC2)n1. The molecule has 104 valence electrons. The first-order valence-electron chi connectivity index (χ1n) is 6.35. The fraction of sp³-hybridized carbons (Fsp3) is 0.636. The second-order valence-electron chi connectivity index (χ2n) is 4.17. The minimum atomic E-state index is -0.357. The van der Waals surface area contributed by atoms with Crippen molar-refractivity contribution in [2.24, 2.45) is 0 Å². The summed E-state index contributed by atoms with van der Waals surface area (Å²) in [6, 6.07) is 0. The largest absolute Gasteiger partial charge is 0.465 e. The number of ether oxygens (including phenoxy) is 1. The quantitative estimate of drug-likeness (QED) is 0.719. The van der Waals surface area contributed by atoms with Gasteiger partial charge in [0.05, 0.1) is 6.61 Å². The van der Waals surface area contributed by atoms with Crippen LogP contribution in [0.4, 0.5) is 17.8 Å². The Morgan fingerprint density at radius 1 is 1.37 bits per heavy atom. The molecule has 0 spiro atoms. The number of nitrogens with two attached hydrogens (primary N) is 1. The summed E-state index contributed by atoms with van der Waals surface area (Å²) >= 11 is 0. The van der Waals surface area contributed by atoms with Gasteiger partial charge in [0.25, 0.3) is 0 Å². The van der Waals surface area contributed by atoms with Crippen molar-refractivity contribution in [3.05, 3.63) is 0 Å². The van der Waals surface area contributed by atoms with E-state index in [2.05, 4.69) is 20.3 Å². The summed E-state index contributed by atoms with van der Waals surface area (Å²) in [5.74, 6) is 0.631. The number of nitrogen functional groups attached to an aromatic ring is 1. The van der Waals surface area contributed by atoms with Crippen molar-refractivity contribution in [1.29, 1.82) is 0 Å². The predicted molar refractivity (Wildman–Crippen MR) is 70.8 cm³/mol. The van der Waals surface area contributed by atoms with Gasteiger partial charge in [0.15, 0.2) is 0 Å². The van der Waals surface area contributed by atoms with Gasteiger partial charge in [-0.05, 0) is 19.8 Å². The van der Waals surface area contributed by atoms with Crippen LogP contribution in [0.15, 0.2) is 0 Å². The first kappa shape index (κ1) is 13.3. The normalized spacial score (nSPS) is 14.5. The number of nitrogens with one attached hydrogen (secondary N) is 1. The Balaban J connectivity index is 2.02. The summed E-state index contributed by atoms with van der Waals surface area (Å²) in [5, 5.41) is 2.79. The van der Waals surface area contributed by atoms with Crippen LogP contribution in [-0.4, -0.2) is 47.2 Å². The monoisotopic (exact) mass is 266 g/mol. The molecule has 1 saturated heterocycles. The molecule has 0 aliphatic carbocycles. The highest BCUT2D eigenvalue weighted by Gasteiger charge is 2.17. The Hall–Kier alpha value is -2.12. The molecule has 0 atom stereocenters. The number of rotatable bonds is 5. The average molecular weight is 266 g/mol. The van der Waals surface area contributed by atoms with Crippen molar-refractivity contribution in [2.45, 2.75) is 19.8 Å². The number of anilines is 3. The van der Waals surface area contributed by atoms with Gasteiger partial charge < -0.3 is 20.7 Å². The zero-order valence-corrected chi connectivity index (χ0v) is 10.9. The Kier molecular flexibility index (Phi) is 4.32. The zero-order chi connectivity index (χ0) is 13.7. The van der Waals surface area contributed by atoms with E-state index in [1.54, 1.807) is 6.92 Å². The van der Waals surface area contributed by atoms with E-state index >= 15 is 0 Å². The summed E-state index contributed by atoms with van der Waals surface area (Å²) in [7, 11) is 0. The molecular weight excluding hydrogens is 248 g/mol. The van der Waals surface area contributed by atoms with Gasteiger partial charge in [0.2, 0.25) is 17.8 Å². The summed E-state index contributed by atoms with van der Waals surface area (Å²) in [5.41, 5.74) is 5.65. The molecule has 8 nitrogen and oxygen atoms in total. The molecule has 1 aliphatic rings. The highest BCUT2D eigenvalue weighted by atomic mass is 16.5. The van der Waals surface area contributed by atoms with Crippen LogP contribution < -0.4 is 16.0 Å². The number of hydrogen-bond donors (Lipinski definition) is 2. The molecule has 2 rings (SSSR count). The summed E-state index contributed by atoms with van der Waals surface area (Å²) in [6.45, 7) is 3.95. The van der Waals surface area contributed by atoms with Crippen LogP contribution in [0.3, 0.4) is 0 Å². The van der Waals surface area contributed by atoms with Crippen molar-refractivity contribution in [1.82, 2.24) is 15.0 Å². The third kappa shape index (κ3) is 3.67. The maximum absolute atomic E-state index is 11.2. The fourth-order valence-corrected chi connectivity index (χ4v) is 1.88. The van der Waals surface area contributed by atoms with Gasteiger partial charge >= 0.3 is 5.97 Å². The number of hydrogen-bond acceptors (Lipinski definition) is 8. The predicted octanol–water partition coefficient (Wildman–Crippen LogP) is 0.0290. The molecule has 3 N–H and O–H groups in total. The Morgan fingerprint density at radius 3 is 2.79 bits per heavy atom. The summed E-state index contributed by atoms with van der Waals surface area (Å²) in [4.78, 5) is 25.6. The first-order valence-corrected chi connectivity index (χ1v) is 6.35. The lowest BCUT2D eigenvalue weighted by Gasteiger charge is -2.15. The Morgan fingerprint density at radius 2 is 2.11 bits per heavy atom. The molecular formula is C11H18N6O2. The molecule has 0 aromatic carbocycles. The maximum atomic E-state index is 11.2. The molecule has 1 aliphatic heterocycles. The van der Waals surface area contributed by atoms with E-state index in [1.165, 1.54) is 0 Å². The van der Waals surface area contributed by atoms with Crippen LogP contribution >= 0.6 is 0 Å². The van der Waals surface area contributed by atoms with Crippen molar-refractivity contribution in [3.8, 4) is 0 Å². The molecule has 0 bridgehead atoms. The van der Waals surface area contributed by atoms with Gasteiger partial charge in [0, 0.05) is 13.1 Å². The van der Waals surface area contributed by atoms with Crippen LogP contribution in [0.2, 0.25) is 0 Å². The maximum Gasteiger partial charge on any atom is 0.325 e. The average Bonchev–Trinajstić information content (AvgIpc) is 2.90. The van der Waals surface area contributed by atoms with Crippen molar-refractivity contribution < 1.29 is 9.53 Å². The number of esters is 1. The molecule has 0 unspecified atom stereocenters. The number of aromatic nitrogens is 3. The van der Waals surface area contributed by atoms with Gasteiger partial charge in [0.1, 0.15) is 6.54 Å². The standard InChI is InChI=1S/C11H18N6O2/c1-2-19-8(18)7-13-10-14-9(12)15-11(16-10)17-5-3-4-6-17/h2-7H2,1H3,(H3,12,13,14,15,16). The third-order valence-corrected chi connectivity index (χ3v) is 2.73. The number of nitrogens with zero attached hydrogens (tertiary/aromatic N) is 4. The molecule has 2 heterocycles. The van der Waals surface area contributed by atoms with Crippen LogP contribution in [0.5, 0.6) is 0 Å². The smallest absolute Gasteiger partial charge is 0.325 e. The molecule has 1 aromatic rings. The van der Waals surface area contributed by atoms with E-state index in [-0.39, 0.29) is 18.5 Å². The minimum absolute atomic E-state index is 0.0106. The second kappa shape index (κ2) is 6.17. The molecule has 0 saturated carbocycles. The van der Waals surface area contributed by atoms with Gasteiger partial charge in [-0.2, -0.15) is 15.0 Å². The lowest BCUT2D eigenvalue weighted by Crippen LogP contribution is -2.23. The topological polar surface area (TPSA) is 106 Å². The lowest BCUT2D eigenvalue weighted by molar-refractivity contribution is -0.140. The van der Waals surface area contributed by atoms with Crippen LogP contribution in [0.1, 0.15) is 19.8 Å². The molecule has 0 radical (unpaired) electrons. The Bertz CT molecular complexity index is 447. The minimum Gasteiger partial charge on any atom is -0.465 e. The molecule has 19 heavy (non-hydrogen) atoms. The summed E-state index contributed by atoms with van der Waals surface area (Å²) in [6.07, 6.45) is 2.24. The van der Waals surface area contributed by atoms with Crippen LogP contribution in [0.25, 0.3) is 0 Å². The highest BCUT2D eigenvalue weighted by Crippen LogP contribution is 2.17. The second-order valence-corrected chi connectivity index (χ2v) is 4.17. The number of carbonyl (C=O) groups excluding carboxylic acids is 1. The molecule has 1 aromatic heterocycles. The molecule has 1 fully saturated rings. The highest BCUT2D eigenvalue weighted by molar-refractivity contribution is 5.74. The van der Waals surface area contributed by atoms with Crippen molar-refractivity contribution in [3.63, 3.8) is 0 Å². The van der Waals surface area contributed by atoms with E-state index in [4.69, 9.17) is 10.5 Å². The number of carbonyl (C=O) groups is 1. The van der Waals surface area contributed by atoms with Crippen molar-refractivity contribution in [2.75, 3.05) is 42.2 Å². The van der Waals surface area contributed by atoms with Gasteiger partial charge in [-0.25, -0.2) is 0 Å². The van der Waals surface area contributed by atoms with Crippen molar-refractivity contribution >= 4 is 23.8 Å². The van der Waals surface area contributed by atoms with Gasteiger partial charge in [-0.1, -0.05) is 0 Å². The van der Waals surface area contributed by atoms with E-state index < -0.39 is 0 Å². The van der Waals surface area contributed by atoms with E-state index in [0.29, 0.717) is 18.5 Å². The van der Waals surface area contributed by atoms with E-state index in [0.717, 1.165) is 25.9 Å². The van der Waals surface area contributed by atoms with Crippen LogP contribution in [0, 0.1) is 0 Å². The lowest BCUT2D eigenvalue weighted by atomic mass is 10.4. The first-order chi connectivity index (χ1) is 9.19. The summed E-state index contributed by atoms with van der Waals surface area (Å²) < 4.78 is 4.81. The molecule has 8 heteroatoms. The zero-order valence-electron chi connectivity index (χ0n) is 10.9. The van der Waals surface area contributed by atoms with Gasteiger partial charge in [-0.3, -0.25) is 4.79 Å². The third-order valence-electron chi connectivity index (χ3n) is 2.73. The van der Waals surface area contributed by atoms with Gasteiger partial charge in [-0.15, -0.1) is 0 Å². The molecule has 0 amide bonds. The Labute approximate surface area is 111 Å². The van der Waals surface area contributed by atoms with E-state index in [1.807, 2.05) is 4.90 Å². The fourth-order valence-electron chi connectivity index (χ4n) is 1.88. The van der Waals surface area contributed by atoms with E-state index in [9.17, 15) is 4.79 Å². The van der Waals surface area contributed by atoms with Crippen LogP contribution in [-0.2, 0) is 9.53 Å².